The molecule has 2 rings (SSSR count). The number of hydrogen-bond acceptors (Lipinski definition) is 0. The molecule has 0 heterocycles. The van der Waals surface area contributed by atoms with E-state index in [0.717, 1.165) is 10.8 Å². The topological polar surface area (TPSA) is 0 Å². The average Bonchev–Trinajstić information content (AvgIpc) is 2.24. The second-order valence-corrected chi connectivity index (χ2v) is 8.27. The summed E-state index contributed by atoms with van der Waals surface area (Å²) >= 11 is 35.8. The molecule has 2 aromatic rings. The maximum atomic E-state index is 6.00. The van der Waals surface area contributed by atoms with Gasteiger partial charge < -0.3 is 0 Å². The average molecular weight is 363 g/mol. The molecule has 0 saturated carbocycles. The summed E-state index contributed by atoms with van der Waals surface area (Å²) in [6.45, 7) is 0. The molecule has 0 aromatic heterocycles. The standard InChI is InChI=1S/C12H6Cl6/c13-11(14,15)9-6-5-7-3-1-2-4-8(7)10(9)12(16,17)18/h1-6H. The van der Waals surface area contributed by atoms with Crippen molar-refractivity contribution >= 4 is 80.4 Å². The quantitative estimate of drug-likeness (QED) is 0.469. The minimum Gasteiger partial charge on any atom is -0.0784 e. The van der Waals surface area contributed by atoms with Gasteiger partial charge >= 0.3 is 0 Å². The highest BCUT2D eigenvalue weighted by Gasteiger charge is 2.35. The second kappa shape index (κ2) is 5.09. The van der Waals surface area contributed by atoms with Crippen LogP contribution in [0, 0.1) is 0 Å². The predicted octanol–water partition coefficient (Wildman–Crippen LogP) is 6.49. The smallest absolute Gasteiger partial charge is 0.0784 e. The van der Waals surface area contributed by atoms with Gasteiger partial charge in [-0.1, -0.05) is 106 Å². The first-order valence-corrected chi connectivity index (χ1v) is 7.14. The molecule has 18 heavy (non-hydrogen) atoms. The van der Waals surface area contributed by atoms with Crippen LogP contribution in [0.15, 0.2) is 36.4 Å². The third kappa shape index (κ3) is 2.95. The van der Waals surface area contributed by atoms with E-state index in [4.69, 9.17) is 69.6 Å². The first-order chi connectivity index (χ1) is 8.21. The lowest BCUT2D eigenvalue weighted by Gasteiger charge is -2.23. The fourth-order valence-corrected chi connectivity index (χ4v) is 2.90. The third-order valence-electron chi connectivity index (χ3n) is 2.52. The normalized spacial score (nSPS) is 13.0. The Morgan fingerprint density at radius 1 is 0.667 bits per heavy atom. The van der Waals surface area contributed by atoms with Crippen molar-refractivity contribution in [3.8, 4) is 0 Å². The molecule has 2 aromatic carbocycles. The van der Waals surface area contributed by atoms with Gasteiger partial charge in [-0.2, -0.15) is 0 Å². The van der Waals surface area contributed by atoms with Gasteiger partial charge in [-0.25, -0.2) is 0 Å². The fraction of sp³-hybridized carbons (Fsp3) is 0.167. The van der Waals surface area contributed by atoms with E-state index < -0.39 is 7.59 Å². The van der Waals surface area contributed by atoms with Crippen molar-refractivity contribution in [2.75, 3.05) is 0 Å². The van der Waals surface area contributed by atoms with Gasteiger partial charge in [0, 0.05) is 11.1 Å². The minimum atomic E-state index is -1.67. The van der Waals surface area contributed by atoms with Crippen LogP contribution in [-0.4, -0.2) is 0 Å². The van der Waals surface area contributed by atoms with Crippen LogP contribution in [0.3, 0.4) is 0 Å². The van der Waals surface area contributed by atoms with Crippen molar-refractivity contribution in [3.05, 3.63) is 47.5 Å². The molecule has 0 aliphatic rings. The summed E-state index contributed by atoms with van der Waals surface area (Å²) < 4.78 is -3.32. The van der Waals surface area contributed by atoms with Crippen LogP contribution in [0.1, 0.15) is 11.1 Å². The lowest BCUT2D eigenvalue weighted by molar-refractivity contribution is 1.13. The van der Waals surface area contributed by atoms with Gasteiger partial charge in [0.05, 0.1) is 0 Å². The number of fused-ring (bicyclic) bond motifs is 1. The van der Waals surface area contributed by atoms with Crippen LogP contribution in [0.5, 0.6) is 0 Å². The maximum absolute atomic E-state index is 6.00. The van der Waals surface area contributed by atoms with Crippen molar-refractivity contribution in [3.63, 3.8) is 0 Å². The summed E-state index contributed by atoms with van der Waals surface area (Å²) in [4.78, 5) is 0. The van der Waals surface area contributed by atoms with Gasteiger partial charge in [-0.15, -0.1) is 0 Å². The van der Waals surface area contributed by atoms with E-state index >= 15 is 0 Å². The Balaban J connectivity index is 2.89. The highest BCUT2D eigenvalue weighted by molar-refractivity contribution is 6.69. The summed E-state index contributed by atoms with van der Waals surface area (Å²) in [5.74, 6) is 0. The van der Waals surface area contributed by atoms with Crippen molar-refractivity contribution < 1.29 is 0 Å². The molecule has 0 saturated heterocycles. The largest absolute Gasteiger partial charge is 0.217 e. The highest BCUT2D eigenvalue weighted by Crippen LogP contribution is 2.50. The first-order valence-electron chi connectivity index (χ1n) is 4.87. The summed E-state index contributed by atoms with van der Waals surface area (Å²) in [6.07, 6.45) is 0. The number of rotatable bonds is 0. The SMILES string of the molecule is ClC(Cl)(Cl)c1ccc2ccccc2c1C(Cl)(Cl)Cl. The molecule has 0 bridgehead atoms. The molecule has 96 valence electrons. The van der Waals surface area contributed by atoms with Crippen LogP contribution in [0.25, 0.3) is 10.8 Å². The fourth-order valence-electron chi connectivity index (χ4n) is 1.81. The van der Waals surface area contributed by atoms with E-state index in [2.05, 4.69) is 0 Å². The predicted molar refractivity (Wildman–Crippen MR) is 82.4 cm³/mol. The van der Waals surface area contributed by atoms with E-state index in [1.165, 1.54) is 0 Å². The minimum absolute atomic E-state index is 0.367. The van der Waals surface area contributed by atoms with Gasteiger partial charge in [-0.05, 0) is 10.8 Å². The van der Waals surface area contributed by atoms with Crippen LogP contribution in [0.4, 0.5) is 0 Å². The molecule has 0 amide bonds. The first kappa shape index (κ1) is 14.8. The van der Waals surface area contributed by atoms with Gasteiger partial charge in [0.15, 0.2) is 0 Å². The molecule has 0 radical (unpaired) electrons. The number of hydrogen-bond donors (Lipinski definition) is 0. The van der Waals surface area contributed by atoms with Crippen molar-refractivity contribution in [1.82, 2.24) is 0 Å². The zero-order valence-electron chi connectivity index (χ0n) is 8.73. The monoisotopic (exact) mass is 360 g/mol. The Morgan fingerprint density at radius 2 is 1.28 bits per heavy atom. The Hall–Kier alpha value is 0.440. The Bertz CT molecular complexity index is 579. The second-order valence-electron chi connectivity index (χ2n) is 3.70. The molecule has 0 atom stereocenters. The maximum Gasteiger partial charge on any atom is 0.217 e. The molecule has 6 heteroatoms. The van der Waals surface area contributed by atoms with Gasteiger partial charge in [-0.3, -0.25) is 0 Å². The third-order valence-corrected chi connectivity index (χ3v) is 3.70. The summed E-state index contributed by atoms with van der Waals surface area (Å²) in [7, 11) is 0. The Morgan fingerprint density at radius 3 is 1.83 bits per heavy atom. The highest BCUT2D eigenvalue weighted by atomic mass is 35.6. The van der Waals surface area contributed by atoms with Crippen LogP contribution in [0.2, 0.25) is 0 Å². The van der Waals surface area contributed by atoms with Gasteiger partial charge in [0.25, 0.3) is 0 Å². The molecule has 0 aliphatic heterocycles. The van der Waals surface area contributed by atoms with Crippen molar-refractivity contribution in [2.45, 2.75) is 7.59 Å². The summed E-state index contributed by atoms with van der Waals surface area (Å²) in [5.41, 5.74) is 0.761. The van der Waals surface area contributed by atoms with E-state index in [0.29, 0.717) is 11.1 Å². The molecule has 0 spiro atoms. The Labute approximate surface area is 135 Å². The molecule has 0 aliphatic carbocycles. The summed E-state index contributed by atoms with van der Waals surface area (Å²) in [6, 6.07) is 10.9. The van der Waals surface area contributed by atoms with Gasteiger partial charge in [0.1, 0.15) is 0 Å². The number of benzene rings is 2. The van der Waals surface area contributed by atoms with E-state index in [9.17, 15) is 0 Å². The van der Waals surface area contributed by atoms with E-state index in [1.807, 2.05) is 30.3 Å². The van der Waals surface area contributed by atoms with Crippen LogP contribution >= 0.6 is 69.6 Å². The molecule has 0 fully saturated rings. The van der Waals surface area contributed by atoms with Crippen LogP contribution < -0.4 is 0 Å². The van der Waals surface area contributed by atoms with E-state index in [-0.39, 0.29) is 0 Å². The van der Waals surface area contributed by atoms with E-state index in [1.54, 1.807) is 6.07 Å². The lowest BCUT2D eigenvalue weighted by Crippen LogP contribution is -2.12. The number of alkyl halides is 6. The lowest BCUT2D eigenvalue weighted by atomic mass is 10.0. The number of halogens is 6. The van der Waals surface area contributed by atoms with Crippen LogP contribution in [-0.2, 0) is 7.59 Å². The molecular weight excluding hydrogens is 357 g/mol. The zero-order chi connectivity index (χ0) is 13.6. The Kier molecular flexibility index (Phi) is 4.19. The molecule has 0 unspecified atom stereocenters. The molecular formula is C12H6Cl6. The van der Waals surface area contributed by atoms with Gasteiger partial charge in [0.2, 0.25) is 7.59 Å². The van der Waals surface area contributed by atoms with Crippen molar-refractivity contribution in [2.24, 2.45) is 0 Å². The molecule has 0 N–H and O–H groups in total. The summed E-state index contributed by atoms with van der Waals surface area (Å²) in [5, 5.41) is 1.66. The molecule has 0 nitrogen and oxygen atoms in total. The van der Waals surface area contributed by atoms with Crippen molar-refractivity contribution in [1.29, 1.82) is 0 Å². The zero-order valence-corrected chi connectivity index (χ0v) is 13.3.